The van der Waals surface area contributed by atoms with E-state index >= 15 is 0 Å². The fraction of sp³-hybridized carbons (Fsp3) is 0.684. The van der Waals surface area contributed by atoms with Gasteiger partial charge >= 0.3 is 0 Å². The first-order chi connectivity index (χ1) is 10.6. The number of ether oxygens (including phenoxy) is 1. The molecule has 22 heavy (non-hydrogen) atoms. The quantitative estimate of drug-likeness (QED) is 0.871. The first-order valence-electron chi connectivity index (χ1n) is 8.75. The van der Waals surface area contributed by atoms with Crippen molar-refractivity contribution in [3.8, 4) is 5.75 Å². The van der Waals surface area contributed by atoms with Gasteiger partial charge in [-0.05, 0) is 42.7 Å². The smallest absolute Gasteiger partial charge is 0.123 e. The van der Waals surface area contributed by atoms with Gasteiger partial charge in [-0.2, -0.15) is 0 Å². The molecule has 3 rings (SSSR count). The third kappa shape index (κ3) is 4.23. The molecular weight excluding hydrogens is 272 g/mol. The maximum Gasteiger partial charge on any atom is 0.123 e. The number of piperidine rings is 1. The number of nitrogens with zero attached hydrogens (tertiary/aromatic N) is 1. The van der Waals surface area contributed by atoms with Gasteiger partial charge in [0.15, 0.2) is 0 Å². The van der Waals surface area contributed by atoms with Crippen LogP contribution in [0.4, 0.5) is 0 Å². The molecule has 0 radical (unpaired) electrons. The van der Waals surface area contributed by atoms with E-state index in [-0.39, 0.29) is 0 Å². The zero-order chi connectivity index (χ0) is 15.5. The topological polar surface area (TPSA) is 24.5 Å². The highest BCUT2D eigenvalue weighted by molar-refractivity contribution is 5.37. The van der Waals surface area contributed by atoms with Crippen molar-refractivity contribution in [2.24, 2.45) is 11.8 Å². The van der Waals surface area contributed by atoms with E-state index in [0.29, 0.717) is 0 Å². The summed E-state index contributed by atoms with van der Waals surface area (Å²) in [6.45, 7) is 9.15. The molecule has 122 valence electrons. The lowest BCUT2D eigenvalue weighted by Crippen LogP contribution is -2.38. The fourth-order valence-electron chi connectivity index (χ4n) is 3.75. The van der Waals surface area contributed by atoms with Crippen LogP contribution in [-0.4, -0.2) is 31.1 Å². The zero-order valence-corrected chi connectivity index (χ0v) is 14.3. The van der Waals surface area contributed by atoms with Crippen LogP contribution in [0.5, 0.6) is 5.75 Å². The van der Waals surface area contributed by atoms with Crippen molar-refractivity contribution in [2.45, 2.75) is 52.2 Å². The number of likely N-dealkylation sites (tertiary alicyclic amines) is 1. The molecular formula is C19H30N2O. The molecule has 1 heterocycles. The molecule has 0 bridgehead atoms. The zero-order valence-electron chi connectivity index (χ0n) is 14.3. The van der Waals surface area contributed by atoms with Crippen LogP contribution >= 0.6 is 0 Å². The van der Waals surface area contributed by atoms with Gasteiger partial charge in [0.1, 0.15) is 5.75 Å². The van der Waals surface area contributed by atoms with E-state index in [0.717, 1.165) is 36.7 Å². The van der Waals surface area contributed by atoms with Crippen LogP contribution in [0.2, 0.25) is 0 Å². The monoisotopic (exact) mass is 302 g/mol. The highest BCUT2D eigenvalue weighted by atomic mass is 16.5. The number of hydrogen-bond acceptors (Lipinski definition) is 3. The predicted octanol–water partition coefficient (Wildman–Crippen LogP) is 3.43. The highest BCUT2D eigenvalue weighted by Crippen LogP contribution is 2.26. The Hall–Kier alpha value is -1.06. The Balaban J connectivity index is 1.63. The van der Waals surface area contributed by atoms with Gasteiger partial charge in [0.05, 0.1) is 7.11 Å². The lowest BCUT2D eigenvalue weighted by atomic mass is 9.91. The Kier molecular flexibility index (Phi) is 5.04. The minimum atomic E-state index is 0.737. The molecule has 0 spiro atoms. The van der Waals surface area contributed by atoms with E-state index < -0.39 is 0 Å². The Morgan fingerprint density at radius 3 is 2.55 bits per heavy atom. The van der Waals surface area contributed by atoms with Crippen molar-refractivity contribution in [3.63, 3.8) is 0 Å². The summed E-state index contributed by atoms with van der Waals surface area (Å²) in [6, 6.07) is 7.48. The number of hydrogen-bond donors (Lipinski definition) is 1. The van der Waals surface area contributed by atoms with E-state index in [1.807, 2.05) is 0 Å². The van der Waals surface area contributed by atoms with Gasteiger partial charge in [0.2, 0.25) is 0 Å². The summed E-state index contributed by atoms with van der Waals surface area (Å²) >= 11 is 0. The van der Waals surface area contributed by atoms with E-state index in [4.69, 9.17) is 4.74 Å². The maximum atomic E-state index is 5.61. The van der Waals surface area contributed by atoms with Crippen molar-refractivity contribution < 1.29 is 4.74 Å². The second kappa shape index (κ2) is 7.01. The molecule has 2 fully saturated rings. The second-order valence-corrected chi connectivity index (χ2v) is 7.44. The van der Waals surface area contributed by atoms with Crippen LogP contribution in [-0.2, 0) is 13.1 Å². The van der Waals surface area contributed by atoms with Gasteiger partial charge in [-0.15, -0.1) is 0 Å². The largest absolute Gasteiger partial charge is 0.496 e. The molecule has 2 aliphatic rings. The summed E-state index contributed by atoms with van der Waals surface area (Å²) in [5.41, 5.74) is 2.65. The summed E-state index contributed by atoms with van der Waals surface area (Å²) in [5, 5.41) is 3.57. The summed E-state index contributed by atoms with van der Waals surface area (Å²) < 4.78 is 5.61. The first kappa shape index (κ1) is 15.8. The third-order valence-electron chi connectivity index (χ3n) is 4.86. The highest BCUT2D eigenvalue weighted by Gasteiger charge is 2.22. The van der Waals surface area contributed by atoms with E-state index in [9.17, 15) is 0 Å². The molecule has 1 saturated carbocycles. The normalized spacial score (nSPS) is 26.1. The summed E-state index contributed by atoms with van der Waals surface area (Å²) in [4.78, 5) is 2.59. The van der Waals surface area contributed by atoms with Crippen LogP contribution in [0.25, 0.3) is 0 Å². The van der Waals surface area contributed by atoms with Crippen LogP contribution in [0, 0.1) is 11.8 Å². The van der Waals surface area contributed by atoms with Crippen LogP contribution in [0.15, 0.2) is 18.2 Å². The second-order valence-electron chi connectivity index (χ2n) is 7.44. The Labute approximate surface area is 135 Å². The SMILES string of the molecule is COc1cc(CN2CC(C)CC(C)C2)ccc1CNC1CC1. The molecule has 1 aliphatic carbocycles. The molecule has 0 aromatic heterocycles. The summed E-state index contributed by atoms with van der Waals surface area (Å²) in [7, 11) is 1.78. The molecule has 1 aliphatic heterocycles. The molecule has 3 heteroatoms. The molecule has 1 aromatic carbocycles. The Morgan fingerprint density at radius 1 is 1.18 bits per heavy atom. The summed E-state index contributed by atoms with van der Waals surface area (Å²) in [6.07, 6.45) is 4.02. The van der Waals surface area contributed by atoms with E-state index in [1.165, 1.54) is 43.5 Å². The van der Waals surface area contributed by atoms with Crippen LogP contribution in [0.1, 0.15) is 44.2 Å². The lowest BCUT2D eigenvalue weighted by molar-refractivity contribution is 0.134. The third-order valence-corrected chi connectivity index (χ3v) is 4.86. The molecule has 1 N–H and O–H groups in total. The molecule has 2 unspecified atom stereocenters. The molecule has 2 atom stereocenters. The van der Waals surface area contributed by atoms with Gasteiger partial charge in [0.25, 0.3) is 0 Å². The number of methoxy groups -OCH3 is 1. The molecule has 3 nitrogen and oxygen atoms in total. The van der Waals surface area contributed by atoms with Crippen LogP contribution < -0.4 is 10.1 Å². The average Bonchev–Trinajstić information content (AvgIpc) is 3.29. The van der Waals surface area contributed by atoms with E-state index in [2.05, 4.69) is 42.3 Å². The van der Waals surface area contributed by atoms with Gasteiger partial charge in [-0.1, -0.05) is 26.0 Å². The standard InChI is InChI=1S/C19H30N2O/c1-14-8-15(2)12-21(11-14)13-16-4-5-17(19(9-16)22-3)10-20-18-6-7-18/h4-5,9,14-15,18,20H,6-8,10-13H2,1-3H3. The summed E-state index contributed by atoms with van der Waals surface area (Å²) in [5.74, 6) is 2.66. The maximum absolute atomic E-state index is 5.61. The first-order valence-corrected chi connectivity index (χ1v) is 8.75. The van der Waals surface area contributed by atoms with Crippen molar-refractivity contribution in [3.05, 3.63) is 29.3 Å². The fourth-order valence-corrected chi connectivity index (χ4v) is 3.75. The molecule has 1 aromatic rings. The van der Waals surface area contributed by atoms with Gasteiger partial charge in [0, 0.05) is 37.8 Å². The van der Waals surface area contributed by atoms with Crippen molar-refractivity contribution in [1.82, 2.24) is 10.2 Å². The van der Waals surface area contributed by atoms with Crippen LogP contribution in [0.3, 0.4) is 0 Å². The van der Waals surface area contributed by atoms with Crippen molar-refractivity contribution in [2.75, 3.05) is 20.2 Å². The average molecular weight is 302 g/mol. The van der Waals surface area contributed by atoms with Gasteiger partial charge < -0.3 is 10.1 Å². The van der Waals surface area contributed by atoms with Gasteiger partial charge in [-0.3, -0.25) is 4.90 Å². The lowest BCUT2D eigenvalue weighted by Gasteiger charge is -2.35. The molecule has 0 amide bonds. The molecule has 1 saturated heterocycles. The van der Waals surface area contributed by atoms with Crippen molar-refractivity contribution in [1.29, 1.82) is 0 Å². The number of rotatable bonds is 6. The minimum Gasteiger partial charge on any atom is -0.496 e. The predicted molar refractivity (Wildman–Crippen MR) is 91.1 cm³/mol. The number of nitrogens with one attached hydrogen (secondary N) is 1. The Bertz CT molecular complexity index is 488. The van der Waals surface area contributed by atoms with Gasteiger partial charge in [-0.25, -0.2) is 0 Å². The van der Waals surface area contributed by atoms with Crippen molar-refractivity contribution >= 4 is 0 Å². The minimum absolute atomic E-state index is 0.737. The Morgan fingerprint density at radius 2 is 1.91 bits per heavy atom. The number of benzene rings is 1. The van der Waals surface area contributed by atoms with E-state index in [1.54, 1.807) is 7.11 Å².